The van der Waals surface area contributed by atoms with Crippen LogP contribution in [0.25, 0.3) is 0 Å². The van der Waals surface area contributed by atoms with Crippen molar-refractivity contribution in [2.75, 3.05) is 13.1 Å². The van der Waals surface area contributed by atoms with Gasteiger partial charge in [0.15, 0.2) is 0 Å². The molecule has 1 aliphatic carbocycles. The molecular formula is C20H30N2O2. The molecular weight excluding hydrogens is 300 g/mol. The number of piperidine rings is 1. The summed E-state index contributed by atoms with van der Waals surface area (Å²) in [5.74, 6) is 1.39. The molecule has 0 unspecified atom stereocenters. The zero-order chi connectivity index (χ0) is 17.3. The van der Waals surface area contributed by atoms with E-state index in [4.69, 9.17) is 4.74 Å². The Bertz CT molecular complexity index is 594. The van der Waals surface area contributed by atoms with Crippen molar-refractivity contribution in [2.24, 2.45) is 5.92 Å². The summed E-state index contributed by atoms with van der Waals surface area (Å²) in [6.07, 6.45) is 9.75. The van der Waals surface area contributed by atoms with Gasteiger partial charge in [0.2, 0.25) is 0 Å². The first-order chi connectivity index (χ1) is 11.3. The first-order valence-electron chi connectivity index (χ1n) is 9.25. The second-order valence-electron chi connectivity index (χ2n) is 8.40. The number of carbonyl (C=O) groups excluding carboxylic acids is 1. The van der Waals surface area contributed by atoms with Crippen LogP contribution in [0, 0.1) is 12.8 Å². The van der Waals surface area contributed by atoms with E-state index in [0.717, 1.165) is 38.3 Å². The van der Waals surface area contributed by atoms with Crippen LogP contribution in [0.1, 0.15) is 69.1 Å². The highest BCUT2D eigenvalue weighted by molar-refractivity contribution is 5.68. The van der Waals surface area contributed by atoms with E-state index in [1.165, 1.54) is 29.5 Å². The van der Waals surface area contributed by atoms with Crippen molar-refractivity contribution in [2.45, 2.75) is 71.3 Å². The molecule has 1 aliphatic heterocycles. The normalized spacial score (nSPS) is 19.4. The average molecular weight is 330 g/mol. The lowest BCUT2D eigenvalue weighted by molar-refractivity contribution is 0.0184. The van der Waals surface area contributed by atoms with E-state index in [-0.39, 0.29) is 6.09 Å². The fourth-order valence-electron chi connectivity index (χ4n) is 3.56. The van der Waals surface area contributed by atoms with E-state index in [1.54, 1.807) is 0 Å². The summed E-state index contributed by atoms with van der Waals surface area (Å²) in [6.45, 7) is 9.60. The smallest absolute Gasteiger partial charge is 0.410 e. The number of hydrogen-bond acceptors (Lipinski definition) is 3. The Morgan fingerprint density at radius 1 is 1.21 bits per heavy atom. The van der Waals surface area contributed by atoms with Gasteiger partial charge in [0.25, 0.3) is 0 Å². The summed E-state index contributed by atoms with van der Waals surface area (Å²) >= 11 is 0. The monoisotopic (exact) mass is 330 g/mol. The van der Waals surface area contributed by atoms with E-state index in [9.17, 15) is 4.79 Å². The molecule has 0 bridgehead atoms. The number of likely N-dealkylation sites (tertiary alicyclic amines) is 1. The second-order valence-corrected chi connectivity index (χ2v) is 8.40. The molecule has 1 aromatic heterocycles. The van der Waals surface area contributed by atoms with Crippen LogP contribution in [0.5, 0.6) is 0 Å². The summed E-state index contributed by atoms with van der Waals surface area (Å²) < 4.78 is 5.48. The summed E-state index contributed by atoms with van der Waals surface area (Å²) in [6, 6.07) is 0. The molecule has 2 aliphatic rings. The van der Waals surface area contributed by atoms with Crippen LogP contribution < -0.4 is 0 Å². The van der Waals surface area contributed by atoms with Gasteiger partial charge in [0, 0.05) is 25.5 Å². The lowest BCUT2D eigenvalue weighted by Crippen LogP contribution is -2.42. The summed E-state index contributed by atoms with van der Waals surface area (Å²) in [5.41, 5.74) is 3.89. The molecule has 0 spiro atoms. The molecule has 132 valence electrons. The predicted molar refractivity (Wildman–Crippen MR) is 95.2 cm³/mol. The molecule has 24 heavy (non-hydrogen) atoms. The van der Waals surface area contributed by atoms with Crippen molar-refractivity contribution in [3.8, 4) is 0 Å². The van der Waals surface area contributed by atoms with Gasteiger partial charge in [-0.1, -0.05) is 0 Å². The third kappa shape index (κ3) is 4.28. The summed E-state index contributed by atoms with van der Waals surface area (Å²) in [5, 5.41) is 0. The molecule has 4 heteroatoms. The van der Waals surface area contributed by atoms with Gasteiger partial charge in [-0.3, -0.25) is 4.98 Å². The standard InChI is InChI=1S/C20H30N2O2/c1-14-17(12-21-13-18(14)16-5-6-16)11-15-7-9-22(10-8-15)19(23)24-20(2,3)4/h12-13,15-16H,5-11H2,1-4H3. The van der Waals surface area contributed by atoms with Crippen molar-refractivity contribution in [3.63, 3.8) is 0 Å². The minimum Gasteiger partial charge on any atom is -0.444 e. The minimum absolute atomic E-state index is 0.172. The SMILES string of the molecule is Cc1c(CC2CCN(C(=O)OC(C)(C)C)CC2)cncc1C1CC1. The molecule has 2 heterocycles. The van der Waals surface area contributed by atoms with Crippen LogP contribution in [0.2, 0.25) is 0 Å². The highest BCUT2D eigenvalue weighted by atomic mass is 16.6. The number of amides is 1. The fourth-order valence-corrected chi connectivity index (χ4v) is 3.56. The Balaban J connectivity index is 1.54. The van der Waals surface area contributed by atoms with Crippen molar-refractivity contribution < 1.29 is 9.53 Å². The average Bonchev–Trinajstić information content (AvgIpc) is 3.33. The molecule has 1 saturated heterocycles. The van der Waals surface area contributed by atoms with Crippen molar-refractivity contribution >= 4 is 6.09 Å². The molecule has 1 amide bonds. The van der Waals surface area contributed by atoms with E-state index in [2.05, 4.69) is 18.1 Å². The number of nitrogens with zero attached hydrogens (tertiary/aromatic N) is 2. The number of hydrogen-bond donors (Lipinski definition) is 0. The van der Waals surface area contributed by atoms with E-state index >= 15 is 0 Å². The Hall–Kier alpha value is -1.58. The third-order valence-corrected chi connectivity index (χ3v) is 5.15. The van der Waals surface area contributed by atoms with Gasteiger partial charge in [-0.05, 0) is 88.3 Å². The predicted octanol–water partition coefficient (Wildman–Crippen LogP) is 4.46. The minimum atomic E-state index is -0.417. The molecule has 0 aromatic carbocycles. The molecule has 2 fully saturated rings. The van der Waals surface area contributed by atoms with Gasteiger partial charge >= 0.3 is 6.09 Å². The largest absolute Gasteiger partial charge is 0.444 e. The highest BCUT2D eigenvalue weighted by Gasteiger charge is 2.29. The van der Waals surface area contributed by atoms with Crippen LogP contribution >= 0.6 is 0 Å². The maximum atomic E-state index is 12.2. The van der Waals surface area contributed by atoms with Crippen LogP contribution in [0.3, 0.4) is 0 Å². The lowest BCUT2D eigenvalue weighted by Gasteiger charge is -2.33. The Kier molecular flexibility index (Phi) is 4.84. The quantitative estimate of drug-likeness (QED) is 0.822. The van der Waals surface area contributed by atoms with E-state index in [0.29, 0.717) is 5.92 Å². The fraction of sp³-hybridized carbons (Fsp3) is 0.700. The van der Waals surface area contributed by atoms with E-state index < -0.39 is 5.60 Å². The number of pyridine rings is 1. The third-order valence-electron chi connectivity index (χ3n) is 5.15. The zero-order valence-electron chi connectivity index (χ0n) is 15.5. The molecule has 1 saturated carbocycles. The summed E-state index contributed by atoms with van der Waals surface area (Å²) in [7, 11) is 0. The molecule has 0 atom stereocenters. The maximum absolute atomic E-state index is 12.2. The molecule has 4 nitrogen and oxygen atoms in total. The first kappa shape index (κ1) is 17.2. The Morgan fingerprint density at radius 2 is 1.88 bits per heavy atom. The lowest BCUT2D eigenvalue weighted by atomic mass is 9.88. The Labute approximate surface area is 145 Å². The van der Waals surface area contributed by atoms with Crippen LogP contribution in [0.15, 0.2) is 12.4 Å². The van der Waals surface area contributed by atoms with Crippen LogP contribution in [0.4, 0.5) is 4.79 Å². The van der Waals surface area contributed by atoms with Crippen molar-refractivity contribution in [1.82, 2.24) is 9.88 Å². The number of aromatic nitrogens is 1. The molecule has 3 rings (SSSR count). The highest BCUT2D eigenvalue weighted by Crippen LogP contribution is 2.42. The van der Waals surface area contributed by atoms with Gasteiger partial charge in [0.1, 0.15) is 5.60 Å². The Morgan fingerprint density at radius 3 is 2.46 bits per heavy atom. The van der Waals surface area contributed by atoms with Gasteiger partial charge in [-0.15, -0.1) is 0 Å². The number of ether oxygens (including phenoxy) is 1. The zero-order valence-corrected chi connectivity index (χ0v) is 15.5. The first-order valence-corrected chi connectivity index (χ1v) is 9.25. The van der Waals surface area contributed by atoms with Crippen molar-refractivity contribution in [3.05, 3.63) is 29.1 Å². The van der Waals surface area contributed by atoms with Gasteiger partial charge in [-0.2, -0.15) is 0 Å². The van der Waals surface area contributed by atoms with Crippen LogP contribution in [-0.4, -0.2) is 34.7 Å². The number of carbonyl (C=O) groups is 1. The van der Waals surface area contributed by atoms with Gasteiger partial charge in [0.05, 0.1) is 0 Å². The topological polar surface area (TPSA) is 42.4 Å². The van der Waals surface area contributed by atoms with Gasteiger partial charge < -0.3 is 9.64 Å². The summed E-state index contributed by atoms with van der Waals surface area (Å²) in [4.78, 5) is 18.5. The second kappa shape index (κ2) is 6.73. The van der Waals surface area contributed by atoms with E-state index in [1.807, 2.05) is 31.9 Å². The molecule has 0 N–H and O–H groups in total. The molecule has 1 aromatic rings. The van der Waals surface area contributed by atoms with Gasteiger partial charge in [-0.25, -0.2) is 4.79 Å². The molecule has 0 radical (unpaired) electrons. The van der Waals surface area contributed by atoms with Crippen LogP contribution in [-0.2, 0) is 11.2 Å². The van der Waals surface area contributed by atoms with Crippen molar-refractivity contribution in [1.29, 1.82) is 0 Å². The maximum Gasteiger partial charge on any atom is 0.410 e. The number of rotatable bonds is 3.